The van der Waals surface area contributed by atoms with E-state index < -0.39 is 0 Å². The average Bonchev–Trinajstić information content (AvgIpc) is 3.19. The van der Waals surface area contributed by atoms with Gasteiger partial charge >= 0.3 is 0 Å². The topological polar surface area (TPSA) is 46.1 Å². The largest absolute Gasteiger partial charge is 0.315 e. The minimum atomic E-state index is -0.261. The zero-order valence-corrected chi connectivity index (χ0v) is 17.2. The molecule has 0 bridgehead atoms. The molecule has 140 valence electrons. The summed E-state index contributed by atoms with van der Waals surface area (Å²) >= 11 is 3.12. The van der Waals surface area contributed by atoms with Crippen LogP contribution in [0.15, 0.2) is 78.1 Å². The van der Waals surface area contributed by atoms with Crippen LogP contribution in [-0.2, 0) is 4.79 Å². The third-order valence-corrected chi connectivity index (χ3v) is 6.66. The van der Waals surface area contributed by atoms with Gasteiger partial charge in [0.25, 0.3) is 0 Å². The fourth-order valence-electron chi connectivity index (χ4n) is 2.94. The van der Waals surface area contributed by atoms with Crippen LogP contribution >= 0.6 is 23.1 Å². The van der Waals surface area contributed by atoms with Crippen LogP contribution in [0.25, 0.3) is 20.7 Å². The molecule has 4 aromatic rings. The number of anilines is 1. The molecule has 0 aliphatic rings. The Balaban J connectivity index is 1.59. The predicted octanol–water partition coefficient (Wildman–Crippen LogP) is 5.50. The van der Waals surface area contributed by atoms with Gasteiger partial charge in [0.1, 0.15) is 16.2 Å². The number of carbonyl (C=O) groups is 1. The molecule has 2 heterocycles. The molecule has 0 N–H and O–H groups in total. The molecule has 1 amide bonds. The van der Waals surface area contributed by atoms with E-state index in [0.29, 0.717) is 0 Å². The number of hydrogen-bond acceptors (Lipinski definition) is 5. The molecule has 0 saturated carbocycles. The average molecular weight is 406 g/mol. The molecule has 0 radical (unpaired) electrons. The fourth-order valence-corrected chi connectivity index (χ4v) is 5.00. The summed E-state index contributed by atoms with van der Waals surface area (Å²) in [4.78, 5) is 25.5. The van der Waals surface area contributed by atoms with Crippen LogP contribution in [0.4, 0.5) is 5.69 Å². The van der Waals surface area contributed by atoms with Gasteiger partial charge in [-0.1, -0.05) is 60.3 Å². The van der Waals surface area contributed by atoms with Crippen LogP contribution in [0.5, 0.6) is 0 Å². The molecule has 2 aromatic carbocycles. The van der Waals surface area contributed by atoms with E-state index in [4.69, 9.17) is 0 Å². The Morgan fingerprint density at radius 3 is 2.43 bits per heavy atom. The summed E-state index contributed by atoms with van der Waals surface area (Å²) < 4.78 is 0. The zero-order valence-electron chi connectivity index (χ0n) is 15.6. The number of thiophene rings is 1. The van der Waals surface area contributed by atoms with Gasteiger partial charge in [0.2, 0.25) is 5.91 Å². The molecule has 0 fully saturated rings. The summed E-state index contributed by atoms with van der Waals surface area (Å²) in [5.74, 6) is 0.0430. The van der Waals surface area contributed by atoms with E-state index in [1.807, 2.05) is 62.5 Å². The van der Waals surface area contributed by atoms with Crippen molar-refractivity contribution in [3.8, 4) is 10.4 Å². The Hall–Kier alpha value is -2.70. The van der Waals surface area contributed by atoms with Gasteiger partial charge in [-0.05, 0) is 30.7 Å². The maximum atomic E-state index is 12.9. The van der Waals surface area contributed by atoms with Crippen LogP contribution in [0, 0.1) is 0 Å². The monoisotopic (exact) mass is 405 g/mol. The van der Waals surface area contributed by atoms with Gasteiger partial charge in [-0.25, -0.2) is 9.97 Å². The lowest BCUT2D eigenvalue weighted by Gasteiger charge is -2.21. The normalized spacial score (nSPS) is 12.1. The van der Waals surface area contributed by atoms with E-state index in [9.17, 15) is 4.79 Å². The maximum Gasteiger partial charge on any atom is 0.239 e. The molecule has 6 heteroatoms. The molecule has 4 rings (SSSR count). The Morgan fingerprint density at radius 2 is 1.71 bits per heavy atom. The SMILES string of the molecule is CC(Sc1ncnc2sc(-c3ccccc3)cc12)C(=O)N(C)c1ccccc1. The van der Waals surface area contributed by atoms with Crippen LogP contribution < -0.4 is 4.90 Å². The zero-order chi connectivity index (χ0) is 19.5. The molecule has 0 saturated heterocycles. The Bertz CT molecular complexity index is 1100. The Morgan fingerprint density at radius 1 is 1.04 bits per heavy atom. The number of para-hydroxylation sites is 1. The van der Waals surface area contributed by atoms with Crippen molar-refractivity contribution in [2.75, 3.05) is 11.9 Å². The van der Waals surface area contributed by atoms with Crippen molar-refractivity contribution < 1.29 is 4.79 Å². The summed E-state index contributed by atoms with van der Waals surface area (Å²) in [7, 11) is 1.81. The number of aromatic nitrogens is 2. The lowest BCUT2D eigenvalue weighted by atomic mass is 10.2. The molecular weight excluding hydrogens is 386 g/mol. The van der Waals surface area contributed by atoms with Gasteiger partial charge in [0.15, 0.2) is 0 Å². The lowest BCUT2D eigenvalue weighted by molar-refractivity contribution is -0.117. The van der Waals surface area contributed by atoms with Gasteiger partial charge < -0.3 is 4.90 Å². The van der Waals surface area contributed by atoms with Gasteiger partial charge in [0, 0.05) is 23.0 Å². The Kier molecular flexibility index (Phi) is 5.41. The van der Waals surface area contributed by atoms with E-state index >= 15 is 0 Å². The number of rotatable bonds is 5. The smallest absolute Gasteiger partial charge is 0.239 e. The second kappa shape index (κ2) is 8.12. The van der Waals surface area contributed by atoms with Crippen molar-refractivity contribution in [2.45, 2.75) is 17.2 Å². The van der Waals surface area contributed by atoms with E-state index in [1.165, 1.54) is 11.8 Å². The van der Waals surface area contributed by atoms with Crippen molar-refractivity contribution in [2.24, 2.45) is 0 Å². The molecule has 0 aliphatic heterocycles. The summed E-state index contributed by atoms with van der Waals surface area (Å²) in [6.07, 6.45) is 1.58. The molecule has 0 spiro atoms. The van der Waals surface area contributed by atoms with E-state index in [1.54, 1.807) is 22.6 Å². The summed E-state index contributed by atoms with van der Waals surface area (Å²) in [5, 5.41) is 1.58. The van der Waals surface area contributed by atoms with Crippen molar-refractivity contribution in [1.82, 2.24) is 9.97 Å². The summed E-state index contributed by atoms with van der Waals surface area (Å²) in [6, 6.07) is 22.0. The van der Waals surface area contributed by atoms with E-state index in [-0.39, 0.29) is 11.2 Å². The Labute approximate surface area is 172 Å². The van der Waals surface area contributed by atoms with Crippen LogP contribution in [0.1, 0.15) is 6.92 Å². The number of hydrogen-bond donors (Lipinski definition) is 0. The number of amides is 1. The molecule has 1 unspecified atom stereocenters. The van der Waals surface area contributed by atoms with Crippen molar-refractivity contribution >= 4 is 44.9 Å². The van der Waals surface area contributed by atoms with Crippen molar-refractivity contribution in [3.63, 3.8) is 0 Å². The number of thioether (sulfide) groups is 1. The first-order valence-corrected chi connectivity index (χ1v) is 10.6. The van der Waals surface area contributed by atoms with Crippen molar-refractivity contribution in [3.05, 3.63) is 73.1 Å². The first-order valence-electron chi connectivity index (χ1n) is 8.92. The third kappa shape index (κ3) is 3.79. The first-order chi connectivity index (χ1) is 13.6. The summed E-state index contributed by atoms with van der Waals surface area (Å²) in [5.41, 5.74) is 2.05. The first kappa shape index (κ1) is 18.7. The number of benzene rings is 2. The highest BCUT2D eigenvalue weighted by molar-refractivity contribution is 8.00. The van der Waals surface area contributed by atoms with Crippen LogP contribution in [0.3, 0.4) is 0 Å². The number of nitrogens with zero attached hydrogens (tertiary/aromatic N) is 3. The maximum absolute atomic E-state index is 12.9. The van der Waals surface area contributed by atoms with E-state index in [2.05, 4.69) is 28.2 Å². The number of carbonyl (C=O) groups excluding carboxylic acids is 1. The van der Waals surface area contributed by atoms with Crippen LogP contribution in [-0.4, -0.2) is 28.2 Å². The second-order valence-corrected chi connectivity index (χ2v) is 8.73. The minimum absolute atomic E-state index is 0.0430. The third-order valence-electron chi connectivity index (χ3n) is 4.46. The molecular formula is C22H19N3OS2. The number of fused-ring (bicyclic) bond motifs is 1. The van der Waals surface area contributed by atoms with Gasteiger partial charge in [0.05, 0.1) is 5.25 Å². The molecule has 28 heavy (non-hydrogen) atoms. The lowest BCUT2D eigenvalue weighted by Crippen LogP contribution is -2.33. The minimum Gasteiger partial charge on any atom is -0.315 e. The highest BCUT2D eigenvalue weighted by atomic mass is 32.2. The molecule has 1 atom stereocenters. The van der Waals surface area contributed by atoms with E-state index in [0.717, 1.165) is 31.4 Å². The second-order valence-electron chi connectivity index (χ2n) is 6.37. The quantitative estimate of drug-likeness (QED) is 0.325. The van der Waals surface area contributed by atoms with Gasteiger partial charge in [-0.15, -0.1) is 11.3 Å². The summed E-state index contributed by atoms with van der Waals surface area (Å²) in [6.45, 7) is 1.92. The molecule has 4 nitrogen and oxygen atoms in total. The predicted molar refractivity (Wildman–Crippen MR) is 118 cm³/mol. The standard InChI is InChI=1S/C22H19N3OS2/c1-15(22(26)25(2)17-11-7-4-8-12-17)27-20-18-13-19(16-9-5-3-6-10-16)28-21(18)24-14-23-20/h3-15H,1-2H3. The fraction of sp³-hybridized carbons (Fsp3) is 0.136. The molecule has 0 aliphatic carbocycles. The van der Waals surface area contributed by atoms with Gasteiger partial charge in [-0.3, -0.25) is 4.79 Å². The van der Waals surface area contributed by atoms with Crippen molar-refractivity contribution in [1.29, 1.82) is 0 Å². The van der Waals surface area contributed by atoms with Gasteiger partial charge in [-0.2, -0.15) is 0 Å². The highest BCUT2D eigenvalue weighted by Crippen LogP contribution is 2.37. The molecule has 2 aromatic heterocycles. The highest BCUT2D eigenvalue weighted by Gasteiger charge is 2.22. The van der Waals surface area contributed by atoms with Crippen LogP contribution in [0.2, 0.25) is 0 Å².